The highest BCUT2D eigenvalue weighted by molar-refractivity contribution is 9.10. The molecule has 0 amide bonds. The number of ether oxygens (including phenoxy) is 1. The van der Waals surface area contributed by atoms with Crippen molar-refractivity contribution in [2.75, 3.05) is 11.9 Å². The fourth-order valence-corrected chi connectivity index (χ4v) is 2.83. The summed E-state index contributed by atoms with van der Waals surface area (Å²) in [6, 6.07) is 14.2. The molecule has 1 atom stereocenters. The molecule has 2 nitrogen and oxygen atoms in total. The lowest BCUT2D eigenvalue weighted by molar-refractivity contribution is 0.0970. The predicted molar refractivity (Wildman–Crippen MR) is 81.6 cm³/mol. The Morgan fingerprint density at radius 2 is 2.05 bits per heavy atom. The Balaban J connectivity index is 1.90. The van der Waals surface area contributed by atoms with Crippen LogP contribution in [-0.4, -0.2) is 6.61 Å². The largest absolute Gasteiger partial charge is 0.375 e. The van der Waals surface area contributed by atoms with Crippen LogP contribution in [0.1, 0.15) is 17.2 Å². The molecule has 3 rings (SSSR count). The second kappa shape index (κ2) is 5.53. The van der Waals surface area contributed by atoms with Gasteiger partial charge in [-0.2, -0.15) is 0 Å². The number of hydrogen-bond acceptors (Lipinski definition) is 2. The van der Waals surface area contributed by atoms with Crippen molar-refractivity contribution >= 4 is 33.2 Å². The minimum absolute atomic E-state index is 0.153. The summed E-state index contributed by atoms with van der Waals surface area (Å²) in [4.78, 5) is 0. The number of nitrogens with one attached hydrogen (secondary N) is 1. The minimum Gasteiger partial charge on any atom is -0.375 e. The fourth-order valence-electron chi connectivity index (χ4n) is 2.30. The van der Waals surface area contributed by atoms with E-state index in [2.05, 4.69) is 39.4 Å². The number of halogens is 2. The molecule has 0 fully saturated rings. The molecule has 1 aliphatic heterocycles. The van der Waals surface area contributed by atoms with Gasteiger partial charge in [-0.15, -0.1) is 0 Å². The second-order valence-electron chi connectivity index (χ2n) is 4.54. The molecule has 4 heteroatoms. The van der Waals surface area contributed by atoms with Crippen molar-refractivity contribution < 1.29 is 4.74 Å². The first-order valence-corrected chi connectivity index (χ1v) is 7.28. The van der Waals surface area contributed by atoms with E-state index in [9.17, 15) is 0 Å². The van der Waals surface area contributed by atoms with E-state index in [1.165, 1.54) is 11.1 Å². The van der Waals surface area contributed by atoms with E-state index < -0.39 is 0 Å². The first-order valence-electron chi connectivity index (χ1n) is 6.11. The average molecular weight is 339 g/mol. The molecule has 1 aliphatic rings. The van der Waals surface area contributed by atoms with Crippen LogP contribution < -0.4 is 5.32 Å². The molecular formula is C15H13BrClNO. The third kappa shape index (κ3) is 2.78. The Morgan fingerprint density at radius 3 is 2.95 bits per heavy atom. The van der Waals surface area contributed by atoms with Gasteiger partial charge in [0.15, 0.2) is 0 Å². The summed E-state index contributed by atoms with van der Waals surface area (Å²) < 4.78 is 6.64. The minimum atomic E-state index is 0.153. The third-order valence-electron chi connectivity index (χ3n) is 3.23. The third-order valence-corrected chi connectivity index (χ3v) is 4.16. The molecule has 0 bridgehead atoms. The van der Waals surface area contributed by atoms with E-state index >= 15 is 0 Å². The Hall–Kier alpha value is -1.03. The zero-order valence-corrected chi connectivity index (χ0v) is 12.5. The maximum Gasteiger partial charge on any atom is 0.0751 e. The zero-order chi connectivity index (χ0) is 13.2. The Morgan fingerprint density at radius 1 is 1.21 bits per heavy atom. The van der Waals surface area contributed by atoms with Crippen LogP contribution in [0.15, 0.2) is 46.9 Å². The van der Waals surface area contributed by atoms with Gasteiger partial charge in [0.1, 0.15) is 0 Å². The van der Waals surface area contributed by atoms with Crippen molar-refractivity contribution in [3.63, 3.8) is 0 Å². The second-order valence-corrected chi connectivity index (χ2v) is 5.83. The monoisotopic (exact) mass is 337 g/mol. The molecular weight excluding hydrogens is 326 g/mol. The summed E-state index contributed by atoms with van der Waals surface area (Å²) in [5.74, 6) is 0. The summed E-state index contributed by atoms with van der Waals surface area (Å²) in [6.07, 6.45) is 0. The van der Waals surface area contributed by atoms with Crippen LogP contribution in [0.4, 0.5) is 5.69 Å². The highest BCUT2D eigenvalue weighted by Crippen LogP contribution is 2.32. The van der Waals surface area contributed by atoms with Crippen LogP contribution in [0.2, 0.25) is 5.02 Å². The topological polar surface area (TPSA) is 21.3 Å². The molecule has 2 aromatic carbocycles. The van der Waals surface area contributed by atoms with Gasteiger partial charge in [0, 0.05) is 9.50 Å². The van der Waals surface area contributed by atoms with E-state index in [0.717, 1.165) is 15.2 Å². The van der Waals surface area contributed by atoms with Crippen LogP contribution in [0.5, 0.6) is 0 Å². The maximum absolute atomic E-state index is 6.04. The number of rotatable bonds is 2. The van der Waals surface area contributed by atoms with Gasteiger partial charge in [0.05, 0.1) is 24.9 Å². The molecule has 0 radical (unpaired) electrons. The highest BCUT2D eigenvalue weighted by atomic mass is 79.9. The molecule has 98 valence electrons. The van der Waals surface area contributed by atoms with E-state index in [4.69, 9.17) is 16.3 Å². The van der Waals surface area contributed by atoms with Crippen molar-refractivity contribution in [3.05, 3.63) is 63.1 Å². The molecule has 0 aromatic heterocycles. The van der Waals surface area contributed by atoms with Gasteiger partial charge < -0.3 is 10.1 Å². The molecule has 1 N–H and O–H groups in total. The van der Waals surface area contributed by atoms with Crippen molar-refractivity contribution in [2.45, 2.75) is 12.6 Å². The molecule has 0 aliphatic carbocycles. The zero-order valence-electron chi connectivity index (χ0n) is 10.2. The summed E-state index contributed by atoms with van der Waals surface area (Å²) in [5.41, 5.74) is 3.52. The molecule has 0 spiro atoms. The van der Waals surface area contributed by atoms with Crippen LogP contribution in [0.3, 0.4) is 0 Å². The van der Waals surface area contributed by atoms with E-state index in [0.29, 0.717) is 13.2 Å². The summed E-state index contributed by atoms with van der Waals surface area (Å²) in [7, 11) is 0. The molecule has 19 heavy (non-hydrogen) atoms. The van der Waals surface area contributed by atoms with Gasteiger partial charge in [-0.25, -0.2) is 0 Å². The van der Waals surface area contributed by atoms with E-state index in [1.807, 2.05) is 24.3 Å². The van der Waals surface area contributed by atoms with Gasteiger partial charge in [-0.1, -0.05) is 35.9 Å². The number of hydrogen-bond donors (Lipinski definition) is 1. The van der Waals surface area contributed by atoms with Crippen LogP contribution >= 0.6 is 27.5 Å². The van der Waals surface area contributed by atoms with Crippen LogP contribution in [0.25, 0.3) is 0 Å². The van der Waals surface area contributed by atoms with Gasteiger partial charge in [-0.3, -0.25) is 0 Å². The number of benzene rings is 2. The summed E-state index contributed by atoms with van der Waals surface area (Å²) in [5, 5.41) is 4.21. The molecule has 0 saturated carbocycles. The molecule has 0 saturated heterocycles. The van der Waals surface area contributed by atoms with Gasteiger partial charge in [-0.05, 0) is 45.3 Å². The SMILES string of the molecule is Clc1ccc(Br)c(NC2COCc3ccccc32)c1. The molecule has 2 aromatic rings. The first kappa shape index (κ1) is 13.0. The number of anilines is 1. The van der Waals surface area contributed by atoms with Crippen LogP contribution in [-0.2, 0) is 11.3 Å². The van der Waals surface area contributed by atoms with Gasteiger partial charge in [0.25, 0.3) is 0 Å². The predicted octanol–water partition coefficient (Wildman–Crippen LogP) is 4.79. The molecule has 1 heterocycles. The maximum atomic E-state index is 6.04. The first-order chi connectivity index (χ1) is 9.24. The van der Waals surface area contributed by atoms with Crippen molar-refractivity contribution in [1.82, 2.24) is 0 Å². The number of fused-ring (bicyclic) bond motifs is 1. The van der Waals surface area contributed by atoms with E-state index in [-0.39, 0.29) is 6.04 Å². The summed E-state index contributed by atoms with van der Waals surface area (Å²) in [6.45, 7) is 1.35. The lowest BCUT2D eigenvalue weighted by Crippen LogP contribution is -2.23. The highest BCUT2D eigenvalue weighted by Gasteiger charge is 2.20. The molecule has 1 unspecified atom stereocenters. The van der Waals surface area contributed by atoms with E-state index in [1.54, 1.807) is 0 Å². The lowest BCUT2D eigenvalue weighted by atomic mass is 9.99. The Kier molecular flexibility index (Phi) is 3.78. The summed E-state index contributed by atoms with van der Waals surface area (Å²) >= 11 is 9.58. The normalized spacial score (nSPS) is 17.9. The standard InChI is InChI=1S/C15H13BrClNO/c16-13-6-5-11(17)7-14(13)18-15-9-19-8-10-3-1-2-4-12(10)15/h1-7,15,18H,8-9H2. The Labute approximate surface area is 125 Å². The fraction of sp³-hybridized carbons (Fsp3) is 0.200. The van der Waals surface area contributed by atoms with Crippen molar-refractivity contribution in [3.8, 4) is 0 Å². The smallest absolute Gasteiger partial charge is 0.0751 e. The van der Waals surface area contributed by atoms with Crippen LogP contribution in [0, 0.1) is 0 Å². The van der Waals surface area contributed by atoms with Crippen molar-refractivity contribution in [2.24, 2.45) is 0 Å². The van der Waals surface area contributed by atoms with Gasteiger partial charge >= 0.3 is 0 Å². The quantitative estimate of drug-likeness (QED) is 0.850. The van der Waals surface area contributed by atoms with Gasteiger partial charge in [0.2, 0.25) is 0 Å². The Bertz CT molecular complexity index is 602. The average Bonchev–Trinajstić information content (AvgIpc) is 2.43. The van der Waals surface area contributed by atoms with Crippen molar-refractivity contribution in [1.29, 1.82) is 0 Å². The lowest BCUT2D eigenvalue weighted by Gasteiger charge is -2.27.